The summed E-state index contributed by atoms with van der Waals surface area (Å²) in [6.45, 7) is 9.15. The zero-order chi connectivity index (χ0) is 19.2. The molecule has 142 valence electrons. The van der Waals surface area contributed by atoms with Crippen LogP contribution in [0.5, 0.6) is 0 Å². The molecule has 6 nitrogen and oxygen atoms in total. The van der Waals surface area contributed by atoms with Crippen molar-refractivity contribution in [2.75, 3.05) is 19.6 Å². The van der Waals surface area contributed by atoms with E-state index < -0.39 is 0 Å². The maximum atomic E-state index is 13.4. The van der Waals surface area contributed by atoms with Gasteiger partial charge in [0.15, 0.2) is 5.96 Å². The number of guanidine groups is 1. The van der Waals surface area contributed by atoms with Crippen molar-refractivity contribution in [2.45, 2.75) is 39.7 Å². The minimum Gasteiger partial charge on any atom is -0.361 e. The van der Waals surface area contributed by atoms with Crippen LogP contribution in [0.15, 0.2) is 29.4 Å². The van der Waals surface area contributed by atoms with Crippen LogP contribution in [0.25, 0.3) is 10.9 Å². The number of aliphatic imine (C=N–C) groups is 1. The summed E-state index contributed by atoms with van der Waals surface area (Å²) in [7, 11) is 0. The van der Waals surface area contributed by atoms with E-state index in [1.165, 1.54) is 12.1 Å². The highest BCUT2D eigenvalue weighted by Gasteiger charge is 2.13. The van der Waals surface area contributed by atoms with E-state index in [2.05, 4.69) is 25.9 Å². The molecule has 0 unspecified atom stereocenters. The summed E-state index contributed by atoms with van der Waals surface area (Å²) in [6.07, 6.45) is 2.61. The highest BCUT2D eigenvalue weighted by atomic mass is 19.1. The van der Waals surface area contributed by atoms with Crippen molar-refractivity contribution in [3.8, 4) is 0 Å². The van der Waals surface area contributed by atoms with Crippen LogP contribution >= 0.6 is 0 Å². The van der Waals surface area contributed by atoms with Crippen LogP contribution in [-0.2, 0) is 11.2 Å². The standard InChI is InChI=1S/C19H28FN5O/c1-5-21-18(24-12-17(26)25-19(2,3)4)22-9-8-13-11-23-16-7-6-14(20)10-15(13)16/h6-7,10-11,23H,5,8-9,12H2,1-4H3,(H,25,26)(H2,21,22,24). The van der Waals surface area contributed by atoms with Gasteiger partial charge in [-0.1, -0.05) is 0 Å². The number of nitrogens with one attached hydrogen (secondary N) is 4. The number of halogens is 1. The van der Waals surface area contributed by atoms with Gasteiger partial charge in [0.25, 0.3) is 0 Å². The van der Waals surface area contributed by atoms with Gasteiger partial charge in [0.2, 0.25) is 5.91 Å². The second kappa shape index (κ2) is 8.69. The number of benzene rings is 1. The van der Waals surface area contributed by atoms with Crippen LogP contribution in [0.1, 0.15) is 33.3 Å². The molecule has 0 aliphatic carbocycles. The summed E-state index contributed by atoms with van der Waals surface area (Å²) in [5.74, 6) is 0.218. The number of carbonyl (C=O) groups is 1. The molecule has 0 spiro atoms. The zero-order valence-corrected chi connectivity index (χ0v) is 15.9. The van der Waals surface area contributed by atoms with E-state index in [1.807, 2.05) is 33.9 Å². The number of amides is 1. The van der Waals surface area contributed by atoms with Gasteiger partial charge in [0.1, 0.15) is 12.4 Å². The average Bonchev–Trinajstić information content (AvgIpc) is 2.93. The Balaban J connectivity index is 1.92. The number of hydrogen-bond donors (Lipinski definition) is 4. The molecule has 1 aromatic heterocycles. The summed E-state index contributed by atoms with van der Waals surface area (Å²) < 4.78 is 13.4. The van der Waals surface area contributed by atoms with Gasteiger partial charge >= 0.3 is 0 Å². The fourth-order valence-corrected chi connectivity index (χ4v) is 2.62. The van der Waals surface area contributed by atoms with E-state index in [1.54, 1.807) is 6.07 Å². The number of nitrogens with zero attached hydrogens (tertiary/aromatic N) is 1. The molecule has 7 heteroatoms. The van der Waals surface area contributed by atoms with Crippen molar-refractivity contribution in [3.05, 3.63) is 35.8 Å². The maximum Gasteiger partial charge on any atom is 0.242 e. The Kier molecular flexibility index (Phi) is 6.60. The smallest absolute Gasteiger partial charge is 0.242 e. The van der Waals surface area contributed by atoms with Crippen molar-refractivity contribution in [1.29, 1.82) is 0 Å². The number of rotatable bonds is 6. The number of hydrogen-bond acceptors (Lipinski definition) is 2. The summed E-state index contributed by atoms with van der Waals surface area (Å²) in [5, 5.41) is 10.1. The Morgan fingerprint density at radius 2 is 2.04 bits per heavy atom. The molecule has 0 saturated heterocycles. The van der Waals surface area contributed by atoms with E-state index in [0.29, 0.717) is 25.5 Å². The van der Waals surface area contributed by atoms with Crippen LogP contribution in [0.4, 0.5) is 4.39 Å². The summed E-state index contributed by atoms with van der Waals surface area (Å²) in [6, 6.07) is 4.72. The maximum absolute atomic E-state index is 13.4. The van der Waals surface area contributed by atoms with Gasteiger partial charge in [-0.2, -0.15) is 0 Å². The molecule has 1 amide bonds. The Morgan fingerprint density at radius 3 is 2.73 bits per heavy atom. The van der Waals surface area contributed by atoms with Crippen molar-refractivity contribution in [1.82, 2.24) is 20.9 Å². The fourth-order valence-electron chi connectivity index (χ4n) is 2.62. The van der Waals surface area contributed by atoms with E-state index in [4.69, 9.17) is 0 Å². The summed E-state index contributed by atoms with van der Waals surface area (Å²) in [4.78, 5) is 19.3. The lowest BCUT2D eigenvalue weighted by atomic mass is 10.1. The first-order chi connectivity index (χ1) is 12.3. The minimum atomic E-state index is -0.275. The lowest BCUT2D eigenvalue weighted by Crippen LogP contribution is -2.43. The van der Waals surface area contributed by atoms with Crippen molar-refractivity contribution in [2.24, 2.45) is 4.99 Å². The minimum absolute atomic E-state index is 0.0604. The molecule has 0 fully saturated rings. The predicted molar refractivity (Wildman–Crippen MR) is 104 cm³/mol. The van der Waals surface area contributed by atoms with Crippen molar-refractivity contribution >= 4 is 22.8 Å². The third kappa shape index (κ3) is 6.06. The van der Waals surface area contributed by atoms with Gasteiger partial charge in [-0.15, -0.1) is 0 Å². The van der Waals surface area contributed by atoms with Crippen LogP contribution < -0.4 is 16.0 Å². The number of aromatic nitrogens is 1. The van der Waals surface area contributed by atoms with Gasteiger partial charge in [-0.3, -0.25) is 4.79 Å². The Bertz CT molecular complexity index is 776. The Morgan fingerprint density at radius 1 is 1.27 bits per heavy atom. The van der Waals surface area contributed by atoms with Crippen LogP contribution in [0.2, 0.25) is 0 Å². The molecule has 1 heterocycles. The third-order valence-electron chi connectivity index (χ3n) is 3.66. The molecule has 2 rings (SSSR count). The molecule has 0 bridgehead atoms. The average molecular weight is 361 g/mol. The van der Waals surface area contributed by atoms with E-state index in [0.717, 1.165) is 16.5 Å². The second-order valence-corrected chi connectivity index (χ2v) is 7.17. The molecule has 0 radical (unpaired) electrons. The quantitative estimate of drug-likeness (QED) is 0.471. The van der Waals surface area contributed by atoms with Gasteiger partial charge in [0.05, 0.1) is 0 Å². The Hall–Kier alpha value is -2.57. The van der Waals surface area contributed by atoms with E-state index in [-0.39, 0.29) is 23.8 Å². The van der Waals surface area contributed by atoms with Crippen molar-refractivity contribution in [3.63, 3.8) is 0 Å². The van der Waals surface area contributed by atoms with Crippen molar-refractivity contribution < 1.29 is 9.18 Å². The van der Waals surface area contributed by atoms with Gasteiger partial charge in [-0.25, -0.2) is 9.38 Å². The molecule has 0 aliphatic heterocycles. The second-order valence-electron chi connectivity index (χ2n) is 7.17. The number of H-pyrrole nitrogens is 1. The molecular formula is C19H28FN5O. The van der Waals surface area contributed by atoms with Gasteiger partial charge in [-0.05, 0) is 57.9 Å². The van der Waals surface area contributed by atoms with Crippen LogP contribution in [-0.4, -0.2) is 42.0 Å². The lowest BCUT2D eigenvalue weighted by Gasteiger charge is -2.20. The third-order valence-corrected chi connectivity index (χ3v) is 3.66. The van der Waals surface area contributed by atoms with Gasteiger partial charge in [0, 0.05) is 35.7 Å². The van der Waals surface area contributed by atoms with E-state index in [9.17, 15) is 9.18 Å². The fraction of sp³-hybridized carbons (Fsp3) is 0.474. The largest absolute Gasteiger partial charge is 0.361 e. The molecule has 0 atom stereocenters. The normalized spacial score (nSPS) is 12.3. The zero-order valence-electron chi connectivity index (χ0n) is 15.9. The summed E-state index contributed by atoms with van der Waals surface area (Å²) >= 11 is 0. The van der Waals surface area contributed by atoms with Crippen LogP contribution in [0, 0.1) is 5.82 Å². The first kappa shape index (κ1) is 19.8. The summed E-state index contributed by atoms with van der Waals surface area (Å²) in [5.41, 5.74) is 1.68. The molecule has 26 heavy (non-hydrogen) atoms. The molecule has 2 aromatic rings. The van der Waals surface area contributed by atoms with Gasteiger partial charge < -0.3 is 20.9 Å². The number of carbonyl (C=O) groups excluding carboxylic acids is 1. The van der Waals surface area contributed by atoms with E-state index >= 15 is 0 Å². The van der Waals surface area contributed by atoms with Crippen LogP contribution in [0.3, 0.4) is 0 Å². The highest BCUT2D eigenvalue weighted by Crippen LogP contribution is 2.19. The first-order valence-electron chi connectivity index (χ1n) is 8.87. The molecule has 4 N–H and O–H groups in total. The number of aromatic amines is 1. The highest BCUT2D eigenvalue weighted by molar-refractivity contribution is 5.85. The molecule has 1 aromatic carbocycles. The lowest BCUT2D eigenvalue weighted by molar-refractivity contribution is -0.121. The molecular weight excluding hydrogens is 333 g/mol. The topological polar surface area (TPSA) is 81.3 Å². The molecule has 0 saturated carbocycles. The Labute approximate surface area is 153 Å². The first-order valence-corrected chi connectivity index (χ1v) is 8.87. The number of fused-ring (bicyclic) bond motifs is 1. The molecule has 0 aliphatic rings. The predicted octanol–water partition coefficient (Wildman–Crippen LogP) is 2.32. The monoisotopic (exact) mass is 361 g/mol. The SMILES string of the molecule is CCNC(=NCC(=O)NC(C)(C)C)NCCc1c[nH]c2ccc(F)cc12.